The first-order valence-electron chi connectivity index (χ1n) is 8.29. The fraction of sp³-hybridized carbons (Fsp3) is 0.263. The van der Waals surface area contributed by atoms with Crippen molar-refractivity contribution in [1.82, 2.24) is 5.32 Å². The molecule has 6 nitrogen and oxygen atoms in total. The average Bonchev–Trinajstić information content (AvgIpc) is 3.45. The molecule has 2 aliphatic rings. The number of benzene rings is 2. The number of hydrogen-bond acceptors (Lipinski definition) is 4. The smallest absolute Gasteiger partial charge is 0.269 e. The van der Waals surface area contributed by atoms with Crippen molar-refractivity contribution in [2.45, 2.75) is 25.0 Å². The number of nitrogens with one attached hydrogen (secondary N) is 2. The Morgan fingerprint density at radius 3 is 2.60 bits per heavy atom. The monoisotopic (exact) mass is 338 g/mol. The minimum atomic E-state index is -0.737. The van der Waals surface area contributed by atoms with Crippen molar-refractivity contribution < 1.29 is 19.1 Å². The lowest BCUT2D eigenvalue weighted by Crippen LogP contribution is -2.40. The van der Waals surface area contributed by atoms with E-state index in [2.05, 4.69) is 10.6 Å². The minimum absolute atomic E-state index is 0.121. The van der Waals surface area contributed by atoms with E-state index < -0.39 is 6.10 Å². The van der Waals surface area contributed by atoms with Crippen LogP contribution in [0, 0.1) is 0 Å². The highest BCUT2D eigenvalue weighted by molar-refractivity contribution is 5.98. The first-order valence-corrected chi connectivity index (χ1v) is 8.29. The predicted molar refractivity (Wildman–Crippen MR) is 91.9 cm³/mol. The Morgan fingerprint density at radius 2 is 1.80 bits per heavy atom. The molecule has 2 amide bonds. The summed E-state index contributed by atoms with van der Waals surface area (Å²) in [6, 6.07) is 14.4. The van der Waals surface area contributed by atoms with Crippen LogP contribution in [-0.2, 0) is 4.79 Å². The summed E-state index contributed by atoms with van der Waals surface area (Å²) in [7, 11) is 0. The number of fused-ring (bicyclic) bond motifs is 1. The second-order valence-corrected chi connectivity index (χ2v) is 6.18. The Kier molecular flexibility index (Phi) is 4.01. The molecule has 1 saturated carbocycles. The molecular weight excluding hydrogens is 320 g/mol. The van der Waals surface area contributed by atoms with Gasteiger partial charge in [-0.1, -0.05) is 18.2 Å². The Hall–Kier alpha value is -3.02. The van der Waals surface area contributed by atoms with Crippen molar-refractivity contribution in [1.29, 1.82) is 0 Å². The van der Waals surface area contributed by atoms with Crippen LogP contribution in [0.3, 0.4) is 0 Å². The van der Waals surface area contributed by atoms with E-state index in [1.165, 1.54) is 0 Å². The maximum Gasteiger partial charge on any atom is 0.269 e. The van der Waals surface area contributed by atoms with Crippen molar-refractivity contribution >= 4 is 17.5 Å². The number of hydrogen-bond donors (Lipinski definition) is 2. The van der Waals surface area contributed by atoms with E-state index in [1.54, 1.807) is 36.4 Å². The summed E-state index contributed by atoms with van der Waals surface area (Å²) in [5, 5.41) is 5.71. The lowest BCUT2D eigenvalue weighted by Gasteiger charge is -2.25. The Balaban J connectivity index is 1.42. The van der Waals surface area contributed by atoms with Gasteiger partial charge in [0, 0.05) is 17.3 Å². The molecule has 1 fully saturated rings. The molecule has 25 heavy (non-hydrogen) atoms. The highest BCUT2D eigenvalue weighted by atomic mass is 16.6. The van der Waals surface area contributed by atoms with Gasteiger partial charge in [-0.15, -0.1) is 0 Å². The highest BCUT2D eigenvalue weighted by Crippen LogP contribution is 2.31. The van der Waals surface area contributed by atoms with E-state index in [9.17, 15) is 9.59 Å². The second kappa shape index (κ2) is 6.47. The van der Waals surface area contributed by atoms with Gasteiger partial charge < -0.3 is 20.1 Å². The molecule has 1 atom stereocenters. The van der Waals surface area contributed by atoms with Gasteiger partial charge in [0.05, 0.1) is 0 Å². The van der Waals surface area contributed by atoms with Crippen LogP contribution in [-0.4, -0.2) is 30.6 Å². The third-order valence-electron chi connectivity index (χ3n) is 4.11. The van der Waals surface area contributed by atoms with Gasteiger partial charge in [-0.3, -0.25) is 9.59 Å². The lowest BCUT2D eigenvalue weighted by molar-refractivity contribution is -0.125. The third kappa shape index (κ3) is 3.57. The quantitative estimate of drug-likeness (QED) is 0.897. The molecular formula is C19H18N2O4. The zero-order chi connectivity index (χ0) is 17.2. The van der Waals surface area contributed by atoms with Gasteiger partial charge in [-0.25, -0.2) is 0 Å². The molecule has 0 radical (unpaired) electrons. The SMILES string of the molecule is O=C(NC1CC1)c1cccc(NC(=O)C2COc3ccccc3O2)c1. The van der Waals surface area contributed by atoms with Crippen LogP contribution >= 0.6 is 0 Å². The Bertz CT molecular complexity index is 817. The fourth-order valence-corrected chi connectivity index (χ4v) is 2.61. The normalized spacial score (nSPS) is 18.3. The molecule has 1 unspecified atom stereocenters. The fourth-order valence-electron chi connectivity index (χ4n) is 2.61. The average molecular weight is 338 g/mol. The number of amides is 2. The van der Waals surface area contributed by atoms with E-state index in [-0.39, 0.29) is 18.4 Å². The largest absolute Gasteiger partial charge is 0.485 e. The van der Waals surface area contributed by atoms with Gasteiger partial charge in [0.15, 0.2) is 11.5 Å². The van der Waals surface area contributed by atoms with Gasteiger partial charge in [0.1, 0.15) is 6.61 Å². The minimum Gasteiger partial charge on any atom is -0.485 e. The van der Waals surface area contributed by atoms with Crippen LogP contribution < -0.4 is 20.1 Å². The van der Waals surface area contributed by atoms with E-state index in [1.807, 2.05) is 12.1 Å². The number of carbonyl (C=O) groups excluding carboxylic acids is 2. The van der Waals surface area contributed by atoms with Crippen LogP contribution in [0.5, 0.6) is 11.5 Å². The number of ether oxygens (including phenoxy) is 2. The number of anilines is 1. The van der Waals surface area contributed by atoms with Crippen LogP contribution in [0.1, 0.15) is 23.2 Å². The van der Waals surface area contributed by atoms with E-state index >= 15 is 0 Å². The van der Waals surface area contributed by atoms with E-state index in [0.29, 0.717) is 28.8 Å². The maximum atomic E-state index is 12.4. The summed E-state index contributed by atoms with van der Waals surface area (Å²) in [6.07, 6.45) is 1.32. The molecule has 0 bridgehead atoms. The Labute approximate surface area is 145 Å². The Morgan fingerprint density at radius 1 is 1.00 bits per heavy atom. The highest BCUT2D eigenvalue weighted by Gasteiger charge is 2.28. The topological polar surface area (TPSA) is 76.7 Å². The molecule has 1 aliphatic heterocycles. The summed E-state index contributed by atoms with van der Waals surface area (Å²) >= 11 is 0. The van der Waals surface area contributed by atoms with Crippen molar-refractivity contribution in [2.75, 3.05) is 11.9 Å². The molecule has 2 aromatic rings. The summed E-state index contributed by atoms with van der Waals surface area (Å²) < 4.78 is 11.2. The molecule has 1 aliphatic carbocycles. The predicted octanol–water partition coefficient (Wildman–Crippen LogP) is 2.36. The van der Waals surface area contributed by atoms with Crippen molar-refractivity contribution in [3.63, 3.8) is 0 Å². The lowest BCUT2D eigenvalue weighted by atomic mass is 10.1. The molecule has 2 aromatic carbocycles. The summed E-state index contributed by atoms with van der Waals surface area (Å²) in [4.78, 5) is 24.5. The van der Waals surface area contributed by atoms with Crippen LogP contribution in [0.15, 0.2) is 48.5 Å². The molecule has 6 heteroatoms. The summed E-state index contributed by atoms with van der Waals surface area (Å²) in [6.45, 7) is 0.144. The molecule has 0 saturated heterocycles. The standard InChI is InChI=1S/C19H18N2O4/c22-18(20-13-8-9-13)12-4-3-5-14(10-12)21-19(23)17-11-24-15-6-1-2-7-16(15)25-17/h1-7,10,13,17H,8-9,11H2,(H,20,22)(H,21,23). The first kappa shape index (κ1) is 15.5. The zero-order valence-electron chi connectivity index (χ0n) is 13.5. The van der Waals surface area contributed by atoms with Crippen LogP contribution in [0.4, 0.5) is 5.69 Å². The number of rotatable bonds is 4. The van der Waals surface area contributed by atoms with Crippen LogP contribution in [0.2, 0.25) is 0 Å². The van der Waals surface area contributed by atoms with Gasteiger partial charge in [-0.05, 0) is 43.2 Å². The summed E-state index contributed by atoms with van der Waals surface area (Å²) in [5.74, 6) is 0.746. The second-order valence-electron chi connectivity index (χ2n) is 6.18. The summed E-state index contributed by atoms with van der Waals surface area (Å²) in [5.41, 5.74) is 1.08. The zero-order valence-corrected chi connectivity index (χ0v) is 13.5. The molecule has 0 aromatic heterocycles. The first-order chi connectivity index (χ1) is 12.2. The van der Waals surface area contributed by atoms with Crippen molar-refractivity contribution in [3.8, 4) is 11.5 Å². The van der Waals surface area contributed by atoms with E-state index in [4.69, 9.17) is 9.47 Å². The van der Waals surface area contributed by atoms with E-state index in [0.717, 1.165) is 12.8 Å². The van der Waals surface area contributed by atoms with Gasteiger partial charge in [0.25, 0.3) is 11.8 Å². The maximum absolute atomic E-state index is 12.4. The molecule has 1 heterocycles. The van der Waals surface area contributed by atoms with Crippen molar-refractivity contribution in [2.24, 2.45) is 0 Å². The third-order valence-corrected chi connectivity index (χ3v) is 4.11. The molecule has 0 spiro atoms. The molecule has 4 rings (SSSR count). The number of para-hydroxylation sites is 2. The van der Waals surface area contributed by atoms with Gasteiger partial charge in [-0.2, -0.15) is 0 Å². The van der Waals surface area contributed by atoms with Gasteiger partial charge in [0.2, 0.25) is 6.10 Å². The van der Waals surface area contributed by atoms with Gasteiger partial charge >= 0.3 is 0 Å². The van der Waals surface area contributed by atoms with Crippen LogP contribution in [0.25, 0.3) is 0 Å². The molecule has 128 valence electrons. The van der Waals surface area contributed by atoms with Crippen molar-refractivity contribution in [3.05, 3.63) is 54.1 Å². The molecule has 2 N–H and O–H groups in total. The number of carbonyl (C=O) groups is 2.